The van der Waals surface area contributed by atoms with Gasteiger partial charge in [-0.15, -0.1) is 0 Å². The Kier molecular flexibility index (Phi) is 3.55. The predicted molar refractivity (Wildman–Crippen MR) is 82.4 cm³/mol. The third-order valence-electron chi connectivity index (χ3n) is 3.45. The number of fused-ring (bicyclic) bond motifs is 1. The van der Waals surface area contributed by atoms with Crippen molar-refractivity contribution in [2.75, 3.05) is 19.5 Å². The van der Waals surface area contributed by atoms with E-state index in [0.717, 1.165) is 5.56 Å². The highest BCUT2D eigenvalue weighted by molar-refractivity contribution is 6.34. The largest absolute Gasteiger partial charge is 0.497 e. The Morgan fingerprint density at radius 1 is 1.05 bits per heavy atom. The number of ether oxygens (including phenoxy) is 2. The quantitative estimate of drug-likeness (QED) is 0.884. The number of benzene rings is 2. The molecule has 0 aromatic heterocycles. The van der Waals surface area contributed by atoms with Gasteiger partial charge in [0.25, 0.3) is 5.91 Å². The molecule has 0 fully saturated rings. The van der Waals surface area contributed by atoms with Crippen LogP contribution in [-0.4, -0.2) is 20.1 Å². The number of anilines is 1. The van der Waals surface area contributed by atoms with E-state index in [1.165, 1.54) is 12.1 Å². The van der Waals surface area contributed by atoms with Gasteiger partial charge in [-0.05, 0) is 42.0 Å². The third kappa shape index (κ3) is 2.53. The van der Waals surface area contributed by atoms with Gasteiger partial charge in [-0.25, -0.2) is 4.39 Å². The molecule has 0 saturated carbocycles. The van der Waals surface area contributed by atoms with Crippen molar-refractivity contribution in [3.8, 4) is 11.5 Å². The van der Waals surface area contributed by atoms with Crippen LogP contribution in [0.15, 0.2) is 36.4 Å². The number of halogens is 1. The Labute approximate surface area is 127 Å². The maximum Gasteiger partial charge on any atom is 0.256 e. The summed E-state index contributed by atoms with van der Waals surface area (Å²) in [4.78, 5) is 12.1. The van der Waals surface area contributed by atoms with E-state index in [0.29, 0.717) is 28.3 Å². The van der Waals surface area contributed by atoms with Crippen LogP contribution < -0.4 is 14.8 Å². The minimum atomic E-state index is -0.385. The summed E-state index contributed by atoms with van der Waals surface area (Å²) < 4.78 is 23.8. The molecule has 0 radical (unpaired) electrons. The van der Waals surface area contributed by atoms with E-state index >= 15 is 0 Å². The Hall–Kier alpha value is -2.82. The zero-order chi connectivity index (χ0) is 15.7. The highest BCUT2D eigenvalue weighted by Gasteiger charge is 2.24. The van der Waals surface area contributed by atoms with Crippen molar-refractivity contribution in [3.05, 3.63) is 53.3 Å². The first kappa shape index (κ1) is 14.1. The smallest absolute Gasteiger partial charge is 0.256 e. The number of rotatable bonds is 3. The van der Waals surface area contributed by atoms with Crippen molar-refractivity contribution >= 4 is 23.2 Å². The lowest BCUT2D eigenvalue weighted by Crippen LogP contribution is -2.03. The Morgan fingerprint density at radius 2 is 1.73 bits per heavy atom. The van der Waals surface area contributed by atoms with E-state index in [-0.39, 0.29) is 11.7 Å². The molecule has 0 atom stereocenters. The Morgan fingerprint density at radius 3 is 2.36 bits per heavy atom. The van der Waals surface area contributed by atoms with E-state index in [2.05, 4.69) is 5.32 Å². The first-order chi connectivity index (χ1) is 10.6. The zero-order valence-electron chi connectivity index (χ0n) is 12.1. The lowest BCUT2D eigenvalue weighted by Gasteiger charge is -2.06. The normalized spacial score (nSPS) is 14.7. The van der Waals surface area contributed by atoms with Gasteiger partial charge in [0.05, 0.1) is 14.2 Å². The number of methoxy groups -OCH3 is 2. The van der Waals surface area contributed by atoms with Crippen LogP contribution in [0.3, 0.4) is 0 Å². The number of amides is 1. The number of hydrogen-bond donors (Lipinski definition) is 1. The molecule has 3 rings (SSSR count). The summed E-state index contributed by atoms with van der Waals surface area (Å²) in [6.45, 7) is 0. The predicted octanol–water partition coefficient (Wildman–Crippen LogP) is 3.34. The third-order valence-corrected chi connectivity index (χ3v) is 3.45. The molecule has 22 heavy (non-hydrogen) atoms. The van der Waals surface area contributed by atoms with Crippen molar-refractivity contribution in [2.24, 2.45) is 0 Å². The molecule has 0 spiro atoms. The first-order valence-electron chi connectivity index (χ1n) is 6.67. The van der Waals surface area contributed by atoms with Gasteiger partial charge in [-0.1, -0.05) is 0 Å². The van der Waals surface area contributed by atoms with Crippen LogP contribution in [-0.2, 0) is 4.79 Å². The fraction of sp³-hybridized carbons (Fsp3) is 0.118. The van der Waals surface area contributed by atoms with Crippen LogP contribution in [0.25, 0.3) is 11.6 Å². The van der Waals surface area contributed by atoms with Crippen molar-refractivity contribution in [3.63, 3.8) is 0 Å². The lowest BCUT2D eigenvalue weighted by atomic mass is 10.0. The second kappa shape index (κ2) is 5.52. The molecule has 1 amide bonds. The molecule has 0 unspecified atom stereocenters. The summed E-state index contributed by atoms with van der Waals surface area (Å²) in [5.41, 5.74) is 2.29. The number of carbonyl (C=O) groups is 1. The molecule has 4 nitrogen and oxygen atoms in total. The average Bonchev–Trinajstić information content (AvgIpc) is 2.82. The molecule has 0 bridgehead atoms. The highest BCUT2D eigenvalue weighted by Crippen LogP contribution is 2.34. The van der Waals surface area contributed by atoms with Crippen molar-refractivity contribution in [2.45, 2.75) is 0 Å². The van der Waals surface area contributed by atoms with Crippen molar-refractivity contribution in [1.82, 2.24) is 0 Å². The standard InChI is InChI=1S/C17H14FNO3/c1-21-12-5-10(6-13(9-12)22-2)7-15-14-8-11(18)3-4-16(14)19-17(15)20/h3-9H,1-2H3,(H,19,20)/b15-7+. The van der Waals surface area contributed by atoms with Gasteiger partial charge in [-0.2, -0.15) is 0 Å². The fourth-order valence-corrected chi connectivity index (χ4v) is 2.38. The van der Waals surface area contributed by atoms with Crippen LogP contribution in [0, 0.1) is 5.82 Å². The number of nitrogens with one attached hydrogen (secondary N) is 1. The van der Waals surface area contributed by atoms with Gasteiger partial charge < -0.3 is 14.8 Å². The minimum absolute atomic E-state index is 0.262. The molecule has 2 aromatic rings. The van der Waals surface area contributed by atoms with Crippen LogP contribution in [0.2, 0.25) is 0 Å². The molecule has 1 heterocycles. The van der Waals surface area contributed by atoms with Crippen molar-refractivity contribution < 1.29 is 18.7 Å². The van der Waals surface area contributed by atoms with E-state index < -0.39 is 0 Å². The zero-order valence-corrected chi connectivity index (χ0v) is 12.1. The van der Waals surface area contributed by atoms with E-state index in [1.807, 2.05) is 0 Å². The van der Waals surface area contributed by atoms with Crippen molar-refractivity contribution in [1.29, 1.82) is 0 Å². The second-order valence-corrected chi connectivity index (χ2v) is 4.85. The minimum Gasteiger partial charge on any atom is -0.497 e. The van der Waals surface area contributed by atoms with E-state index in [4.69, 9.17) is 9.47 Å². The molecule has 1 N–H and O–H groups in total. The molecule has 0 saturated heterocycles. The van der Waals surface area contributed by atoms with Gasteiger partial charge in [0.1, 0.15) is 17.3 Å². The number of carbonyl (C=O) groups excluding carboxylic acids is 1. The van der Waals surface area contributed by atoms with Crippen LogP contribution in [0.4, 0.5) is 10.1 Å². The maximum absolute atomic E-state index is 13.4. The van der Waals surface area contributed by atoms with Gasteiger partial charge in [0.15, 0.2) is 0 Å². The molecule has 112 valence electrons. The summed E-state index contributed by atoms with van der Waals surface area (Å²) in [6, 6.07) is 9.51. The van der Waals surface area contributed by atoms with Crippen LogP contribution in [0.1, 0.15) is 11.1 Å². The molecule has 2 aromatic carbocycles. The molecule has 1 aliphatic rings. The lowest BCUT2D eigenvalue weighted by molar-refractivity contribution is -0.110. The average molecular weight is 299 g/mol. The fourth-order valence-electron chi connectivity index (χ4n) is 2.38. The summed E-state index contributed by atoms with van der Waals surface area (Å²) in [5, 5.41) is 2.72. The summed E-state index contributed by atoms with van der Waals surface area (Å²) in [5.74, 6) is 0.583. The van der Waals surface area contributed by atoms with Gasteiger partial charge in [-0.3, -0.25) is 4.79 Å². The highest BCUT2D eigenvalue weighted by atomic mass is 19.1. The molecular formula is C17H14FNO3. The molecular weight excluding hydrogens is 285 g/mol. The monoisotopic (exact) mass is 299 g/mol. The summed E-state index contributed by atoms with van der Waals surface area (Å²) in [7, 11) is 3.11. The SMILES string of the molecule is COc1cc(/C=C2/C(=O)Nc3ccc(F)cc32)cc(OC)c1. The van der Waals surface area contributed by atoms with Crippen LogP contribution >= 0.6 is 0 Å². The molecule has 1 aliphatic heterocycles. The van der Waals surface area contributed by atoms with Gasteiger partial charge in [0.2, 0.25) is 0 Å². The van der Waals surface area contributed by atoms with Gasteiger partial charge >= 0.3 is 0 Å². The van der Waals surface area contributed by atoms with Crippen LogP contribution in [0.5, 0.6) is 11.5 Å². The summed E-state index contributed by atoms with van der Waals surface area (Å²) in [6.07, 6.45) is 1.69. The molecule has 0 aliphatic carbocycles. The van der Waals surface area contributed by atoms with E-state index in [1.54, 1.807) is 44.6 Å². The second-order valence-electron chi connectivity index (χ2n) is 4.85. The Bertz CT molecular complexity index is 761. The van der Waals surface area contributed by atoms with E-state index in [9.17, 15) is 9.18 Å². The molecule has 5 heteroatoms. The van der Waals surface area contributed by atoms with Gasteiger partial charge in [0, 0.05) is 22.9 Å². The number of hydrogen-bond acceptors (Lipinski definition) is 3. The topological polar surface area (TPSA) is 47.6 Å². The first-order valence-corrected chi connectivity index (χ1v) is 6.67. The maximum atomic E-state index is 13.4. The Balaban J connectivity index is 2.10. The summed E-state index contributed by atoms with van der Waals surface area (Å²) >= 11 is 0.